The maximum absolute atomic E-state index is 13.4. The molecule has 122 valence electrons. The molecule has 0 aromatic carbocycles. The molecule has 3 atom stereocenters. The zero-order valence-corrected chi connectivity index (χ0v) is 12.9. The van der Waals surface area contributed by atoms with Gasteiger partial charge in [0.15, 0.2) is 5.11 Å². The lowest BCUT2D eigenvalue weighted by Gasteiger charge is -2.45. The molecule has 0 saturated carbocycles. The molecular formula is C12H13F3N2O3S2. The highest BCUT2D eigenvalue weighted by atomic mass is 32.1. The first-order valence-corrected chi connectivity index (χ1v) is 7.57. The number of esters is 1. The van der Waals surface area contributed by atoms with Crippen LogP contribution in [0.1, 0.15) is 17.8 Å². The highest BCUT2D eigenvalue weighted by Crippen LogP contribution is 2.43. The fourth-order valence-electron chi connectivity index (χ4n) is 2.24. The van der Waals surface area contributed by atoms with Gasteiger partial charge in [0.25, 0.3) is 5.72 Å². The van der Waals surface area contributed by atoms with Crippen molar-refractivity contribution in [1.82, 2.24) is 10.6 Å². The predicted octanol–water partition coefficient (Wildman–Crippen LogP) is 1.70. The van der Waals surface area contributed by atoms with E-state index in [2.05, 4.69) is 5.32 Å². The van der Waals surface area contributed by atoms with E-state index in [1.54, 1.807) is 22.8 Å². The number of nitrogens with one attached hydrogen (secondary N) is 2. The summed E-state index contributed by atoms with van der Waals surface area (Å²) in [6.07, 6.45) is -5.12. The van der Waals surface area contributed by atoms with Gasteiger partial charge in [0, 0.05) is 4.88 Å². The van der Waals surface area contributed by atoms with Crippen LogP contribution in [-0.2, 0) is 9.53 Å². The lowest BCUT2D eigenvalue weighted by molar-refractivity contribution is -0.292. The van der Waals surface area contributed by atoms with Crippen molar-refractivity contribution in [3.05, 3.63) is 22.4 Å². The minimum Gasteiger partial charge on any atom is -0.466 e. The second-order valence-corrected chi connectivity index (χ2v) is 5.97. The van der Waals surface area contributed by atoms with Crippen molar-refractivity contribution in [2.75, 3.05) is 6.61 Å². The van der Waals surface area contributed by atoms with E-state index in [4.69, 9.17) is 17.0 Å². The van der Waals surface area contributed by atoms with Gasteiger partial charge in [0.05, 0.1) is 12.6 Å². The van der Waals surface area contributed by atoms with Crippen LogP contribution in [0.5, 0.6) is 0 Å². The van der Waals surface area contributed by atoms with E-state index in [0.717, 1.165) is 11.3 Å². The third kappa shape index (κ3) is 2.90. The summed E-state index contributed by atoms with van der Waals surface area (Å²) in [5, 5.41) is 15.8. The summed E-state index contributed by atoms with van der Waals surface area (Å²) in [4.78, 5) is 12.5. The highest BCUT2D eigenvalue weighted by molar-refractivity contribution is 7.80. The standard InChI is InChI=1S/C12H13F3N2O3S2/c1-2-20-9(18)7-8(6-4-3-5-22-6)16-10(21)17-11(7,19)12(13,14)15/h3-5,7-8,19H,2H2,1H3,(H2,16,17,21)/t7-,8+,11+/m0/s1. The lowest BCUT2D eigenvalue weighted by atomic mass is 9.85. The largest absolute Gasteiger partial charge is 0.466 e. The maximum Gasteiger partial charge on any atom is 0.437 e. The van der Waals surface area contributed by atoms with E-state index in [-0.39, 0.29) is 6.61 Å². The van der Waals surface area contributed by atoms with Gasteiger partial charge in [-0.2, -0.15) is 13.2 Å². The van der Waals surface area contributed by atoms with E-state index in [0.29, 0.717) is 4.88 Å². The number of hydrogen-bond donors (Lipinski definition) is 3. The zero-order valence-electron chi connectivity index (χ0n) is 11.3. The van der Waals surface area contributed by atoms with Gasteiger partial charge in [0.2, 0.25) is 0 Å². The number of hydrogen-bond acceptors (Lipinski definition) is 5. The fourth-order valence-corrected chi connectivity index (χ4v) is 3.34. The Balaban J connectivity index is 2.51. The SMILES string of the molecule is CCOC(=O)[C@@H]1[C@@H](c2cccs2)NC(=S)N[C@]1(O)C(F)(F)F. The number of carbonyl (C=O) groups is 1. The summed E-state index contributed by atoms with van der Waals surface area (Å²) in [6.45, 7) is 1.36. The number of aliphatic hydroxyl groups is 1. The minimum atomic E-state index is -5.12. The van der Waals surface area contributed by atoms with Gasteiger partial charge in [-0.15, -0.1) is 11.3 Å². The molecule has 0 aliphatic carbocycles. The maximum atomic E-state index is 13.4. The topological polar surface area (TPSA) is 70.6 Å². The molecule has 0 amide bonds. The molecule has 5 nitrogen and oxygen atoms in total. The van der Waals surface area contributed by atoms with E-state index in [1.807, 2.05) is 0 Å². The monoisotopic (exact) mass is 354 g/mol. The van der Waals surface area contributed by atoms with Crippen LogP contribution in [0.4, 0.5) is 13.2 Å². The quantitative estimate of drug-likeness (QED) is 0.567. The molecule has 22 heavy (non-hydrogen) atoms. The summed E-state index contributed by atoms with van der Waals surface area (Å²) in [5.74, 6) is -3.10. The molecule has 0 radical (unpaired) electrons. The third-order valence-corrected chi connectivity index (χ3v) is 4.37. The van der Waals surface area contributed by atoms with Crippen molar-refractivity contribution >= 4 is 34.6 Å². The van der Waals surface area contributed by atoms with Crippen LogP contribution in [0.15, 0.2) is 17.5 Å². The van der Waals surface area contributed by atoms with Crippen molar-refractivity contribution in [3.8, 4) is 0 Å². The number of thiophene rings is 1. The second-order valence-electron chi connectivity index (χ2n) is 4.59. The molecule has 1 saturated heterocycles. The summed E-state index contributed by atoms with van der Waals surface area (Å²) in [6, 6.07) is 2.04. The van der Waals surface area contributed by atoms with Gasteiger partial charge < -0.3 is 20.5 Å². The van der Waals surface area contributed by atoms with Gasteiger partial charge in [-0.25, -0.2) is 0 Å². The Morgan fingerprint density at radius 2 is 2.27 bits per heavy atom. The Bertz CT molecular complexity index is 564. The molecule has 1 aromatic heterocycles. The molecular weight excluding hydrogens is 341 g/mol. The number of halogens is 3. The van der Waals surface area contributed by atoms with Crippen molar-refractivity contribution in [2.45, 2.75) is 24.9 Å². The van der Waals surface area contributed by atoms with Crippen LogP contribution in [0.25, 0.3) is 0 Å². The van der Waals surface area contributed by atoms with Crippen LogP contribution in [-0.4, -0.2) is 34.7 Å². The van der Waals surface area contributed by atoms with E-state index < -0.39 is 34.9 Å². The molecule has 0 unspecified atom stereocenters. The summed E-state index contributed by atoms with van der Waals surface area (Å²) >= 11 is 5.89. The molecule has 1 aliphatic rings. The summed E-state index contributed by atoms with van der Waals surface area (Å²) in [7, 11) is 0. The average molecular weight is 354 g/mol. The zero-order chi connectivity index (χ0) is 16.5. The summed E-state index contributed by atoms with van der Waals surface area (Å²) < 4.78 is 44.8. The van der Waals surface area contributed by atoms with E-state index in [1.165, 1.54) is 6.92 Å². The Hall–Kier alpha value is -1.39. The van der Waals surface area contributed by atoms with E-state index >= 15 is 0 Å². The van der Waals surface area contributed by atoms with Crippen LogP contribution in [0, 0.1) is 5.92 Å². The molecule has 3 N–H and O–H groups in total. The second kappa shape index (κ2) is 6.01. The molecule has 10 heteroatoms. The van der Waals surface area contributed by atoms with Gasteiger partial charge in [-0.05, 0) is 30.6 Å². The normalized spacial score (nSPS) is 28.7. The third-order valence-electron chi connectivity index (χ3n) is 3.20. The van der Waals surface area contributed by atoms with Crippen LogP contribution >= 0.6 is 23.6 Å². The lowest BCUT2D eigenvalue weighted by Crippen LogP contribution is -2.72. The Labute approximate surface area is 133 Å². The number of ether oxygens (including phenoxy) is 1. The van der Waals surface area contributed by atoms with Crippen LogP contribution in [0.2, 0.25) is 0 Å². The molecule has 1 aromatic rings. The molecule has 2 heterocycles. The smallest absolute Gasteiger partial charge is 0.437 e. The predicted molar refractivity (Wildman–Crippen MR) is 77.1 cm³/mol. The van der Waals surface area contributed by atoms with Crippen LogP contribution in [0.3, 0.4) is 0 Å². The van der Waals surface area contributed by atoms with Crippen molar-refractivity contribution in [2.24, 2.45) is 5.92 Å². The Morgan fingerprint density at radius 3 is 2.77 bits per heavy atom. The van der Waals surface area contributed by atoms with Gasteiger partial charge in [-0.3, -0.25) is 4.79 Å². The molecule has 0 spiro atoms. The fraction of sp³-hybridized carbons (Fsp3) is 0.500. The van der Waals surface area contributed by atoms with Crippen molar-refractivity contribution < 1.29 is 27.8 Å². The van der Waals surface area contributed by atoms with Crippen LogP contribution < -0.4 is 10.6 Å². The molecule has 0 bridgehead atoms. The van der Waals surface area contributed by atoms with Crippen molar-refractivity contribution in [3.63, 3.8) is 0 Å². The average Bonchev–Trinajstić information content (AvgIpc) is 2.90. The Kier molecular flexibility index (Phi) is 4.64. The number of carbonyl (C=O) groups excluding carboxylic acids is 1. The van der Waals surface area contributed by atoms with Gasteiger partial charge in [0.1, 0.15) is 5.92 Å². The van der Waals surface area contributed by atoms with Crippen molar-refractivity contribution in [1.29, 1.82) is 0 Å². The number of rotatable bonds is 3. The highest BCUT2D eigenvalue weighted by Gasteiger charge is 2.66. The number of alkyl halides is 3. The molecule has 1 aliphatic heterocycles. The summed E-state index contributed by atoms with van der Waals surface area (Å²) in [5.41, 5.74) is -3.50. The van der Waals surface area contributed by atoms with Gasteiger partial charge in [-0.1, -0.05) is 6.07 Å². The molecule has 1 fully saturated rings. The van der Waals surface area contributed by atoms with E-state index in [9.17, 15) is 23.1 Å². The molecule has 2 rings (SSSR count). The van der Waals surface area contributed by atoms with Gasteiger partial charge >= 0.3 is 12.1 Å². The first kappa shape index (κ1) is 17.0. The first-order chi connectivity index (χ1) is 10.2. The minimum absolute atomic E-state index is 0.106. The Morgan fingerprint density at radius 1 is 1.59 bits per heavy atom. The first-order valence-electron chi connectivity index (χ1n) is 6.28. The number of thiocarbonyl (C=S) groups is 1.